The molecule has 1 aliphatic carbocycles. The van der Waals surface area contributed by atoms with Gasteiger partial charge in [0.15, 0.2) is 0 Å². The summed E-state index contributed by atoms with van der Waals surface area (Å²) in [4.78, 5) is 11.6. The van der Waals surface area contributed by atoms with Crippen LogP contribution in [0.2, 0.25) is 0 Å². The molecule has 2 rings (SSSR count). The van der Waals surface area contributed by atoms with Crippen LogP contribution in [-0.4, -0.2) is 19.6 Å². The number of para-hydroxylation sites is 1. The largest absolute Gasteiger partial charge is 0.496 e. The number of carbonyl (C=O) groups is 1. The first-order chi connectivity index (χ1) is 12.5. The first-order valence-corrected chi connectivity index (χ1v) is 9.29. The molecule has 1 aromatic carbocycles. The van der Waals surface area contributed by atoms with Gasteiger partial charge in [0, 0.05) is 11.1 Å². The SMILES string of the molecule is CCC/C(CCN)=C(\C1=CC=C(C(N)=O)C(C)C1)c1ccccc1OC. The predicted octanol–water partition coefficient (Wildman–Crippen LogP) is 3.98. The number of carbonyl (C=O) groups excluding carboxylic acids is 1. The molecule has 0 heterocycles. The normalized spacial score (nSPS) is 17.9. The van der Waals surface area contributed by atoms with Gasteiger partial charge in [-0.25, -0.2) is 0 Å². The number of rotatable bonds is 8. The molecule has 0 aromatic heterocycles. The van der Waals surface area contributed by atoms with E-state index in [9.17, 15) is 4.79 Å². The minimum atomic E-state index is -0.341. The summed E-state index contributed by atoms with van der Waals surface area (Å²) in [5, 5.41) is 0. The Hall–Kier alpha value is -2.33. The minimum absolute atomic E-state index is 0.0953. The molecule has 0 fully saturated rings. The molecule has 0 saturated carbocycles. The third kappa shape index (κ3) is 4.44. The van der Waals surface area contributed by atoms with E-state index < -0.39 is 0 Å². The van der Waals surface area contributed by atoms with E-state index in [2.05, 4.69) is 13.0 Å². The average Bonchev–Trinajstić information content (AvgIpc) is 2.62. The predicted molar refractivity (Wildman–Crippen MR) is 108 cm³/mol. The van der Waals surface area contributed by atoms with Gasteiger partial charge in [-0.2, -0.15) is 0 Å². The quantitative estimate of drug-likeness (QED) is 0.741. The molecule has 1 atom stereocenters. The molecular weight excluding hydrogens is 324 g/mol. The van der Waals surface area contributed by atoms with E-state index in [0.29, 0.717) is 12.1 Å². The van der Waals surface area contributed by atoms with Crippen molar-refractivity contribution in [2.75, 3.05) is 13.7 Å². The van der Waals surface area contributed by atoms with Crippen LogP contribution in [0.4, 0.5) is 0 Å². The number of benzene rings is 1. The number of methoxy groups -OCH3 is 1. The lowest BCUT2D eigenvalue weighted by Gasteiger charge is -2.25. The van der Waals surface area contributed by atoms with Crippen molar-refractivity contribution < 1.29 is 9.53 Å². The fourth-order valence-corrected chi connectivity index (χ4v) is 3.67. The van der Waals surface area contributed by atoms with Crippen LogP contribution in [0, 0.1) is 5.92 Å². The molecule has 0 bridgehead atoms. The van der Waals surface area contributed by atoms with Gasteiger partial charge in [-0.1, -0.05) is 56.2 Å². The van der Waals surface area contributed by atoms with Crippen molar-refractivity contribution in [2.45, 2.75) is 39.5 Å². The fourth-order valence-electron chi connectivity index (χ4n) is 3.67. The van der Waals surface area contributed by atoms with Gasteiger partial charge in [0.1, 0.15) is 5.75 Å². The van der Waals surface area contributed by atoms with Crippen molar-refractivity contribution in [2.24, 2.45) is 17.4 Å². The summed E-state index contributed by atoms with van der Waals surface area (Å²) < 4.78 is 5.63. The highest BCUT2D eigenvalue weighted by atomic mass is 16.5. The van der Waals surface area contributed by atoms with Crippen LogP contribution in [-0.2, 0) is 4.79 Å². The van der Waals surface area contributed by atoms with E-state index in [1.54, 1.807) is 7.11 Å². The number of amides is 1. The first-order valence-electron chi connectivity index (χ1n) is 9.29. The number of nitrogens with two attached hydrogens (primary N) is 2. The summed E-state index contributed by atoms with van der Waals surface area (Å²) >= 11 is 0. The van der Waals surface area contributed by atoms with E-state index in [1.807, 2.05) is 37.3 Å². The van der Waals surface area contributed by atoms with E-state index in [-0.39, 0.29) is 11.8 Å². The van der Waals surface area contributed by atoms with Crippen LogP contribution in [0.5, 0.6) is 5.75 Å². The van der Waals surface area contributed by atoms with Crippen LogP contribution in [0.15, 0.2) is 53.1 Å². The standard InChI is InChI=1S/C22H30N2O2/c1-4-7-16(12-13-23)21(19-8-5-6-9-20(19)26-3)17-10-11-18(22(24)25)15(2)14-17/h5-6,8-11,15H,4,7,12-14,23H2,1-3H3,(H2,24,25)/b21-16-. The Morgan fingerprint density at radius 2 is 1.96 bits per heavy atom. The van der Waals surface area contributed by atoms with Gasteiger partial charge in [0.2, 0.25) is 5.91 Å². The molecule has 0 spiro atoms. The fraction of sp³-hybridized carbons (Fsp3) is 0.409. The maximum Gasteiger partial charge on any atom is 0.244 e. The van der Waals surface area contributed by atoms with Crippen LogP contribution >= 0.6 is 0 Å². The topological polar surface area (TPSA) is 78.3 Å². The summed E-state index contributed by atoms with van der Waals surface area (Å²) in [6, 6.07) is 8.09. The van der Waals surface area contributed by atoms with E-state index >= 15 is 0 Å². The third-order valence-electron chi connectivity index (χ3n) is 4.85. The zero-order chi connectivity index (χ0) is 19.1. The molecule has 1 aliphatic rings. The van der Waals surface area contributed by atoms with Crippen molar-refractivity contribution in [1.82, 2.24) is 0 Å². The maximum atomic E-state index is 11.6. The maximum absolute atomic E-state index is 11.6. The molecule has 140 valence electrons. The minimum Gasteiger partial charge on any atom is -0.496 e. The molecule has 26 heavy (non-hydrogen) atoms. The van der Waals surface area contributed by atoms with E-state index in [4.69, 9.17) is 16.2 Å². The molecule has 1 aromatic rings. The van der Waals surface area contributed by atoms with Crippen LogP contribution in [0.25, 0.3) is 5.57 Å². The number of hydrogen-bond acceptors (Lipinski definition) is 3. The van der Waals surface area contributed by atoms with Gasteiger partial charge in [-0.15, -0.1) is 0 Å². The van der Waals surface area contributed by atoms with Crippen molar-refractivity contribution >= 4 is 11.5 Å². The molecule has 4 nitrogen and oxygen atoms in total. The Bertz CT molecular complexity index is 736. The second-order valence-corrected chi connectivity index (χ2v) is 6.75. The molecule has 4 heteroatoms. The molecule has 0 aliphatic heterocycles. The van der Waals surface area contributed by atoms with E-state index in [1.165, 1.54) is 16.7 Å². The van der Waals surface area contributed by atoms with E-state index in [0.717, 1.165) is 37.0 Å². The summed E-state index contributed by atoms with van der Waals surface area (Å²) in [5.41, 5.74) is 16.9. The summed E-state index contributed by atoms with van der Waals surface area (Å²) in [6.45, 7) is 4.84. The van der Waals surface area contributed by atoms with Crippen molar-refractivity contribution in [3.63, 3.8) is 0 Å². The highest BCUT2D eigenvalue weighted by Crippen LogP contribution is 2.40. The van der Waals surface area contributed by atoms with Crippen LogP contribution in [0.3, 0.4) is 0 Å². The summed E-state index contributed by atoms with van der Waals surface area (Å²) in [5.74, 6) is 0.607. The summed E-state index contributed by atoms with van der Waals surface area (Å²) in [7, 11) is 1.70. The Morgan fingerprint density at radius 3 is 2.54 bits per heavy atom. The lowest BCUT2D eigenvalue weighted by atomic mass is 9.80. The lowest BCUT2D eigenvalue weighted by Crippen LogP contribution is -2.21. The van der Waals surface area contributed by atoms with Crippen molar-refractivity contribution in [1.29, 1.82) is 0 Å². The number of hydrogen-bond donors (Lipinski definition) is 2. The van der Waals surface area contributed by atoms with Crippen molar-refractivity contribution in [3.8, 4) is 5.75 Å². The van der Waals surface area contributed by atoms with Gasteiger partial charge in [0.25, 0.3) is 0 Å². The van der Waals surface area contributed by atoms with Crippen molar-refractivity contribution in [3.05, 3.63) is 58.7 Å². The molecular formula is C22H30N2O2. The lowest BCUT2D eigenvalue weighted by molar-refractivity contribution is -0.115. The molecule has 0 saturated heterocycles. The highest BCUT2D eigenvalue weighted by molar-refractivity contribution is 5.94. The Labute approximate surface area is 156 Å². The Kier molecular flexibility index (Phi) is 7.22. The summed E-state index contributed by atoms with van der Waals surface area (Å²) in [6.07, 6.45) is 7.57. The highest BCUT2D eigenvalue weighted by Gasteiger charge is 2.24. The second-order valence-electron chi connectivity index (χ2n) is 6.75. The Morgan fingerprint density at radius 1 is 1.23 bits per heavy atom. The van der Waals surface area contributed by atoms with Gasteiger partial charge in [0.05, 0.1) is 7.11 Å². The van der Waals surface area contributed by atoms with Gasteiger partial charge in [-0.3, -0.25) is 4.79 Å². The second kappa shape index (κ2) is 9.39. The molecule has 4 N–H and O–H groups in total. The number of ether oxygens (including phenoxy) is 1. The number of allylic oxidation sites excluding steroid dienone is 4. The molecule has 1 amide bonds. The van der Waals surface area contributed by atoms with Gasteiger partial charge in [-0.05, 0) is 48.9 Å². The smallest absolute Gasteiger partial charge is 0.244 e. The monoisotopic (exact) mass is 354 g/mol. The zero-order valence-electron chi connectivity index (χ0n) is 16.0. The molecule has 1 unspecified atom stereocenters. The third-order valence-corrected chi connectivity index (χ3v) is 4.85. The first kappa shape index (κ1) is 20.0. The zero-order valence-corrected chi connectivity index (χ0v) is 16.0. The van der Waals surface area contributed by atoms with Gasteiger partial charge >= 0.3 is 0 Å². The number of primary amides is 1. The van der Waals surface area contributed by atoms with Gasteiger partial charge < -0.3 is 16.2 Å². The average molecular weight is 354 g/mol. The van der Waals surface area contributed by atoms with Crippen LogP contribution < -0.4 is 16.2 Å². The Balaban J connectivity index is 2.65. The molecule has 0 radical (unpaired) electrons. The van der Waals surface area contributed by atoms with Crippen LogP contribution in [0.1, 0.15) is 45.1 Å².